The standard InChI is InChI=1S/C22H25FN4O5/c1-31-18-8-3-15(19(11-18)32-2)12-24-20(28)13-26-9-10-27(14-21(26)29)22(30)25-17-6-4-16(23)5-7-17/h3-8,11H,9-10,12-14H2,1-2H3,(H,24,28)(H,25,30). The first-order chi connectivity index (χ1) is 15.4. The van der Waals surface area contributed by atoms with Crippen LogP contribution in [0.4, 0.5) is 14.9 Å². The maximum Gasteiger partial charge on any atom is 0.322 e. The summed E-state index contributed by atoms with van der Waals surface area (Å²) in [6.45, 7) is 0.491. The molecule has 0 bridgehead atoms. The maximum atomic E-state index is 13.0. The van der Waals surface area contributed by atoms with Crippen LogP contribution in [0.2, 0.25) is 0 Å². The molecule has 0 atom stereocenters. The number of halogens is 1. The summed E-state index contributed by atoms with van der Waals surface area (Å²) in [4.78, 5) is 39.9. The molecule has 0 unspecified atom stereocenters. The van der Waals surface area contributed by atoms with Crippen LogP contribution >= 0.6 is 0 Å². The summed E-state index contributed by atoms with van der Waals surface area (Å²) in [6, 6.07) is 10.2. The third-order valence-electron chi connectivity index (χ3n) is 5.01. The molecule has 9 nitrogen and oxygen atoms in total. The first-order valence-corrected chi connectivity index (χ1v) is 9.96. The van der Waals surface area contributed by atoms with E-state index in [0.29, 0.717) is 17.2 Å². The van der Waals surface area contributed by atoms with Gasteiger partial charge in [-0.2, -0.15) is 0 Å². The lowest BCUT2D eigenvalue weighted by Crippen LogP contribution is -2.55. The molecule has 1 aliphatic rings. The van der Waals surface area contributed by atoms with Crippen molar-refractivity contribution in [3.63, 3.8) is 0 Å². The molecule has 0 saturated carbocycles. The lowest BCUT2D eigenvalue weighted by molar-refractivity contribution is -0.139. The molecular weight excluding hydrogens is 419 g/mol. The molecule has 32 heavy (non-hydrogen) atoms. The predicted octanol–water partition coefficient (Wildman–Crippen LogP) is 1.84. The summed E-state index contributed by atoms with van der Waals surface area (Å²) in [7, 11) is 3.09. The summed E-state index contributed by atoms with van der Waals surface area (Å²) < 4.78 is 23.4. The van der Waals surface area contributed by atoms with Gasteiger partial charge in [0, 0.05) is 37.0 Å². The fraction of sp³-hybridized carbons (Fsp3) is 0.318. The highest BCUT2D eigenvalue weighted by Gasteiger charge is 2.28. The zero-order chi connectivity index (χ0) is 23.1. The Labute approximate surface area is 185 Å². The van der Waals surface area contributed by atoms with E-state index in [9.17, 15) is 18.8 Å². The molecule has 0 spiro atoms. The predicted molar refractivity (Wildman–Crippen MR) is 115 cm³/mol. The van der Waals surface area contributed by atoms with Gasteiger partial charge in [0.15, 0.2) is 0 Å². The van der Waals surface area contributed by atoms with Crippen LogP contribution in [0.1, 0.15) is 5.56 Å². The van der Waals surface area contributed by atoms with Crippen molar-refractivity contribution in [2.45, 2.75) is 6.54 Å². The minimum atomic E-state index is -0.458. The zero-order valence-corrected chi connectivity index (χ0v) is 17.9. The largest absolute Gasteiger partial charge is 0.497 e. The number of carbonyl (C=O) groups is 3. The number of hydrogen-bond donors (Lipinski definition) is 2. The van der Waals surface area contributed by atoms with Crippen molar-refractivity contribution in [2.24, 2.45) is 0 Å². The molecule has 10 heteroatoms. The number of rotatable bonds is 7. The Kier molecular flexibility index (Phi) is 7.48. The lowest BCUT2D eigenvalue weighted by Gasteiger charge is -2.33. The highest BCUT2D eigenvalue weighted by atomic mass is 19.1. The molecule has 1 saturated heterocycles. The Morgan fingerprint density at radius 2 is 1.81 bits per heavy atom. The number of hydrogen-bond acceptors (Lipinski definition) is 5. The van der Waals surface area contributed by atoms with E-state index in [2.05, 4.69) is 10.6 Å². The van der Waals surface area contributed by atoms with Gasteiger partial charge in [-0.25, -0.2) is 9.18 Å². The van der Waals surface area contributed by atoms with Gasteiger partial charge in [-0.05, 0) is 36.4 Å². The third kappa shape index (κ3) is 5.87. The van der Waals surface area contributed by atoms with Gasteiger partial charge < -0.3 is 29.9 Å². The fourth-order valence-electron chi connectivity index (χ4n) is 3.21. The molecule has 2 aromatic rings. The molecule has 1 aliphatic heterocycles. The smallest absolute Gasteiger partial charge is 0.322 e. The van der Waals surface area contributed by atoms with Crippen LogP contribution in [-0.2, 0) is 16.1 Å². The van der Waals surface area contributed by atoms with Crippen molar-refractivity contribution in [1.82, 2.24) is 15.1 Å². The number of benzene rings is 2. The first kappa shape index (κ1) is 22.9. The number of amides is 4. The summed E-state index contributed by atoms with van der Waals surface area (Å²) in [5, 5.41) is 5.39. The monoisotopic (exact) mass is 444 g/mol. The van der Waals surface area contributed by atoms with Crippen LogP contribution in [0, 0.1) is 5.82 Å². The van der Waals surface area contributed by atoms with Crippen LogP contribution in [0.5, 0.6) is 11.5 Å². The Morgan fingerprint density at radius 3 is 2.47 bits per heavy atom. The minimum absolute atomic E-state index is 0.106. The Bertz CT molecular complexity index is 983. The maximum absolute atomic E-state index is 13.0. The molecule has 170 valence electrons. The highest BCUT2D eigenvalue weighted by molar-refractivity contribution is 5.94. The number of anilines is 1. The van der Waals surface area contributed by atoms with Gasteiger partial charge in [0.05, 0.1) is 20.8 Å². The second-order valence-electron chi connectivity index (χ2n) is 7.13. The van der Waals surface area contributed by atoms with Gasteiger partial charge in [-0.3, -0.25) is 9.59 Å². The molecule has 2 aromatic carbocycles. The second-order valence-corrected chi connectivity index (χ2v) is 7.13. The van der Waals surface area contributed by atoms with Crippen molar-refractivity contribution < 1.29 is 28.2 Å². The van der Waals surface area contributed by atoms with E-state index in [1.165, 1.54) is 41.2 Å². The quantitative estimate of drug-likeness (QED) is 0.679. The number of piperazine rings is 1. The summed E-state index contributed by atoms with van der Waals surface area (Å²) >= 11 is 0. The fourth-order valence-corrected chi connectivity index (χ4v) is 3.21. The van der Waals surface area contributed by atoms with Crippen LogP contribution < -0.4 is 20.1 Å². The van der Waals surface area contributed by atoms with Crippen LogP contribution in [0.15, 0.2) is 42.5 Å². The van der Waals surface area contributed by atoms with E-state index in [-0.39, 0.29) is 44.5 Å². The van der Waals surface area contributed by atoms with Gasteiger partial charge in [0.1, 0.15) is 23.9 Å². The molecule has 1 heterocycles. The average Bonchev–Trinajstić information content (AvgIpc) is 2.80. The van der Waals surface area contributed by atoms with Crippen molar-refractivity contribution in [3.05, 3.63) is 53.8 Å². The van der Waals surface area contributed by atoms with Crippen molar-refractivity contribution in [2.75, 3.05) is 45.7 Å². The van der Waals surface area contributed by atoms with Gasteiger partial charge in [0.25, 0.3) is 0 Å². The van der Waals surface area contributed by atoms with Gasteiger partial charge in [0.2, 0.25) is 11.8 Å². The SMILES string of the molecule is COc1ccc(CNC(=O)CN2CCN(C(=O)Nc3ccc(F)cc3)CC2=O)c(OC)c1. The molecule has 0 radical (unpaired) electrons. The number of nitrogens with one attached hydrogen (secondary N) is 2. The molecule has 3 rings (SSSR count). The Morgan fingerprint density at radius 1 is 1.06 bits per heavy atom. The third-order valence-corrected chi connectivity index (χ3v) is 5.01. The van der Waals surface area contributed by atoms with Crippen molar-refractivity contribution in [1.29, 1.82) is 0 Å². The zero-order valence-electron chi connectivity index (χ0n) is 17.9. The number of carbonyl (C=O) groups excluding carboxylic acids is 3. The minimum Gasteiger partial charge on any atom is -0.497 e. The molecular formula is C22H25FN4O5. The van der Waals surface area contributed by atoms with Gasteiger partial charge in [-0.15, -0.1) is 0 Å². The molecule has 2 N–H and O–H groups in total. The van der Waals surface area contributed by atoms with Crippen molar-refractivity contribution in [3.8, 4) is 11.5 Å². The number of ether oxygens (including phenoxy) is 2. The normalized spacial score (nSPS) is 13.5. The van der Waals surface area contributed by atoms with E-state index >= 15 is 0 Å². The van der Waals surface area contributed by atoms with E-state index in [0.717, 1.165) is 5.56 Å². The molecule has 0 aliphatic carbocycles. The van der Waals surface area contributed by atoms with Crippen LogP contribution in [0.3, 0.4) is 0 Å². The van der Waals surface area contributed by atoms with E-state index in [1.807, 2.05) is 0 Å². The van der Waals surface area contributed by atoms with Crippen molar-refractivity contribution >= 4 is 23.5 Å². The summed E-state index contributed by atoms with van der Waals surface area (Å²) in [5.41, 5.74) is 1.20. The summed E-state index contributed by atoms with van der Waals surface area (Å²) in [6.07, 6.45) is 0. The molecule has 1 fully saturated rings. The number of methoxy groups -OCH3 is 2. The average molecular weight is 444 g/mol. The summed E-state index contributed by atoms with van der Waals surface area (Å²) in [5.74, 6) is 0.170. The second kappa shape index (κ2) is 10.5. The van der Waals surface area contributed by atoms with E-state index in [1.54, 1.807) is 25.3 Å². The van der Waals surface area contributed by atoms with E-state index < -0.39 is 11.8 Å². The highest BCUT2D eigenvalue weighted by Crippen LogP contribution is 2.24. The van der Waals surface area contributed by atoms with Gasteiger partial charge >= 0.3 is 6.03 Å². The Balaban J connectivity index is 1.47. The van der Waals surface area contributed by atoms with Crippen LogP contribution in [-0.4, -0.2) is 68.0 Å². The number of urea groups is 1. The van der Waals surface area contributed by atoms with Gasteiger partial charge in [-0.1, -0.05) is 0 Å². The Hall–Kier alpha value is -3.82. The number of nitrogens with zero attached hydrogens (tertiary/aromatic N) is 2. The first-order valence-electron chi connectivity index (χ1n) is 9.96. The lowest BCUT2D eigenvalue weighted by atomic mass is 10.2. The van der Waals surface area contributed by atoms with E-state index in [4.69, 9.17) is 9.47 Å². The molecule has 4 amide bonds. The molecule has 0 aromatic heterocycles. The van der Waals surface area contributed by atoms with Crippen LogP contribution in [0.25, 0.3) is 0 Å². The topological polar surface area (TPSA) is 100 Å².